The van der Waals surface area contributed by atoms with Crippen LogP contribution in [0, 0.1) is 6.92 Å². The summed E-state index contributed by atoms with van der Waals surface area (Å²) in [6.45, 7) is 1.86. The first-order chi connectivity index (χ1) is 12.0. The molecule has 0 saturated heterocycles. The van der Waals surface area contributed by atoms with Gasteiger partial charge in [0.1, 0.15) is 5.75 Å². The number of nitrogens with zero attached hydrogens (tertiary/aromatic N) is 1. The van der Waals surface area contributed by atoms with Crippen molar-refractivity contribution in [2.75, 3.05) is 17.7 Å². The van der Waals surface area contributed by atoms with Gasteiger partial charge in [0.15, 0.2) is 0 Å². The lowest BCUT2D eigenvalue weighted by Gasteiger charge is -2.13. The summed E-state index contributed by atoms with van der Waals surface area (Å²) in [5.41, 5.74) is 2.74. The van der Waals surface area contributed by atoms with E-state index in [2.05, 4.69) is 31.5 Å². The molecule has 0 radical (unpaired) electrons. The molecule has 7 heteroatoms. The minimum absolute atomic E-state index is 0.373. The fraction of sp³-hybridized carbons (Fsp3) is 0.111. The van der Waals surface area contributed by atoms with Crippen molar-refractivity contribution in [2.45, 2.75) is 6.92 Å². The number of urea groups is 1. The number of ether oxygens (including phenoxy) is 1. The lowest BCUT2D eigenvalue weighted by Crippen LogP contribution is -2.20. The maximum absolute atomic E-state index is 12.4. The predicted molar refractivity (Wildman–Crippen MR) is 105 cm³/mol. The number of fused-ring (bicyclic) bond motifs is 1. The lowest BCUT2D eigenvalue weighted by atomic mass is 10.1. The smallest absolute Gasteiger partial charge is 0.323 e. The zero-order chi connectivity index (χ0) is 18.0. The van der Waals surface area contributed by atoms with E-state index in [1.807, 2.05) is 25.1 Å². The predicted octanol–water partition coefficient (Wildman–Crippen LogP) is 5.61. The molecular formula is C18H15BrClN3O2. The Morgan fingerprint density at radius 3 is 2.64 bits per heavy atom. The number of methoxy groups -OCH3 is 1. The van der Waals surface area contributed by atoms with Crippen molar-refractivity contribution in [1.29, 1.82) is 0 Å². The molecule has 1 heterocycles. The molecule has 0 aliphatic carbocycles. The number of benzene rings is 2. The van der Waals surface area contributed by atoms with E-state index in [0.717, 1.165) is 21.1 Å². The van der Waals surface area contributed by atoms with Gasteiger partial charge in [0.05, 0.1) is 24.0 Å². The Hall–Kier alpha value is -2.31. The van der Waals surface area contributed by atoms with E-state index in [4.69, 9.17) is 16.3 Å². The van der Waals surface area contributed by atoms with Gasteiger partial charge >= 0.3 is 6.03 Å². The number of aromatic nitrogens is 1. The SMILES string of the molecule is COc1cc(Br)ccc1NC(=O)Nc1cc(C)nc2cc(Cl)ccc12. The van der Waals surface area contributed by atoms with Gasteiger partial charge in [-0.2, -0.15) is 0 Å². The average Bonchev–Trinajstić information content (AvgIpc) is 2.55. The number of nitrogens with one attached hydrogen (secondary N) is 2. The van der Waals surface area contributed by atoms with Crippen molar-refractivity contribution in [3.63, 3.8) is 0 Å². The molecule has 5 nitrogen and oxygen atoms in total. The van der Waals surface area contributed by atoms with Crippen LogP contribution < -0.4 is 15.4 Å². The van der Waals surface area contributed by atoms with Crippen molar-refractivity contribution in [1.82, 2.24) is 4.98 Å². The second kappa shape index (κ2) is 7.29. The quantitative estimate of drug-likeness (QED) is 0.579. The minimum Gasteiger partial charge on any atom is -0.495 e. The van der Waals surface area contributed by atoms with Gasteiger partial charge in [0, 0.05) is 20.6 Å². The van der Waals surface area contributed by atoms with Crippen molar-refractivity contribution in [3.8, 4) is 5.75 Å². The second-order valence-corrected chi connectivity index (χ2v) is 6.75. The van der Waals surface area contributed by atoms with Crippen LogP contribution in [-0.2, 0) is 0 Å². The summed E-state index contributed by atoms with van der Waals surface area (Å²) in [7, 11) is 1.55. The summed E-state index contributed by atoms with van der Waals surface area (Å²) >= 11 is 9.40. The van der Waals surface area contributed by atoms with E-state index in [1.165, 1.54) is 0 Å². The molecule has 3 rings (SSSR count). The van der Waals surface area contributed by atoms with Gasteiger partial charge in [0.25, 0.3) is 0 Å². The summed E-state index contributed by atoms with van der Waals surface area (Å²) in [5.74, 6) is 0.562. The van der Waals surface area contributed by atoms with Crippen LogP contribution in [0.1, 0.15) is 5.69 Å². The number of pyridine rings is 1. The number of halogens is 2. The van der Waals surface area contributed by atoms with Crippen LogP contribution in [0.2, 0.25) is 5.02 Å². The van der Waals surface area contributed by atoms with E-state index in [0.29, 0.717) is 22.1 Å². The second-order valence-electron chi connectivity index (χ2n) is 5.40. The number of hydrogen-bond acceptors (Lipinski definition) is 3. The minimum atomic E-state index is -0.373. The van der Waals surface area contributed by atoms with Gasteiger partial charge in [-0.15, -0.1) is 0 Å². The van der Waals surface area contributed by atoms with Crippen LogP contribution in [0.15, 0.2) is 46.9 Å². The van der Waals surface area contributed by atoms with Crippen molar-refractivity contribution in [2.24, 2.45) is 0 Å². The number of hydrogen-bond donors (Lipinski definition) is 2. The van der Waals surface area contributed by atoms with Gasteiger partial charge in [-0.05, 0) is 49.4 Å². The van der Waals surface area contributed by atoms with E-state index in [9.17, 15) is 4.79 Å². The number of rotatable bonds is 3. The first-order valence-corrected chi connectivity index (χ1v) is 8.62. The van der Waals surface area contributed by atoms with E-state index in [-0.39, 0.29) is 6.03 Å². The Kier molecular flexibility index (Phi) is 5.11. The summed E-state index contributed by atoms with van der Waals surface area (Å²) in [6.07, 6.45) is 0. The first kappa shape index (κ1) is 17.5. The van der Waals surface area contributed by atoms with Crippen LogP contribution in [0.4, 0.5) is 16.2 Å². The molecule has 0 atom stereocenters. The molecule has 0 spiro atoms. The molecule has 0 saturated carbocycles. The van der Waals surface area contributed by atoms with Gasteiger partial charge in [-0.3, -0.25) is 4.98 Å². The molecular weight excluding hydrogens is 406 g/mol. The number of carbonyl (C=O) groups excluding carboxylic acids is 1. The summed E-state index contributed by atoms with van der Waals surface area (Å²) in [4.78, 5) is 16.9. The zero-order valence-corrected chi connectivity index (χ0v) is 15.9. The standard InChI is InChI=1S/C18H15BrClN3O2/c1-10-7-15(13-5-4-12(20)9-16(13)21-10)23-18(24)22-14-6-3-11(19)8-17(14)25-2/h3-9H,1-2H3,(H2,21,22,23,24). The molecule has 0 aliphatic heterocycles. The molecule has 3 aromatic rings. The maximum Gasteiger partial charge on any atom is 0.323 e. The van der Waals surface area contributed by atoms with E-state index >= 15 is 0 Å². The van der Waals surface area contributed by atoms with E-state index < -0.39 is 0 Å². The third-order valence-electron chi connectivity index (χ3n) is 3.56. The third kappa shape index (κ3) is 4.03. The molecule has 2 aromatic carbocycles. The normalized spacial score (nSPS) is 10.6. The van der Waals surface area contributed by atoms with Crippen LogP contribution in [0.5, 0.6) is 5.75 Å². The van der Waals surface area contributed by atoms with E-state index in [1.54, 1.807) is 31.4 Å². The lowest BCUT2D eigenvalue weighted by molar-refractivity contribution is 0.262. The molecule has 1 aromatic heterocycles. The van der Waals surface area contributed by atoms with Crippen molar-refractivity contribution >= 4 is 55.8 Å². The highest BCUT2D eigenvalue weighted by molar-refractivity contribution is 9.10. The summed E-state index contributed by atoms with van der Waals surface area (Å²) in [6, 6.07) is 12.2. The molecule has 25 heavy (non-hydrogen) atoms. The molecule has 0 unspecified atom stereocenters. The Bertz CT molecular complexity index is 957. The summed E-state index contributed by atoms with van der Waals surface area (Å²) in [5, 5.41) is 7.06. The number of amides is 2. The molecule has 2 N–H and O–H groups in total. The fourth-order valence-electron chi connectivity index (χ4n) is 2.48. The van der Waals surface area contributed by atoms with Gasteiger partial charge in [-0.1, -0.05) is 27.5 Å². The van der Waals surface area contributed by atoms with Gasteiger partial charge in [-0.25, -0.2) is 4.79 Å². The van der Waals surface area contributed by atoms with Crippen LogP contribution in [0.3, 0.4) is 0 Å². The maximum atomic E-state index is 12.4. The largest absolute Gasteiger partial charge is 0.495 e. The van der Waals surface area contributed by atoms with Crippen LogP contribution >= 0.6 is 27.5 Å². The van der Waals surface area contributed by atoms with Gasteiger partial charge < -0.3 is 15.4 Å². The molecule has 0 fully saturated rings. The number of aryl methyl sites for hydroxylation is 1. The highest BCUT2D eigenvalue weighted by atomic mass is 79.9. The third-order valence-corrected chi connectivity index (χ3v) is 4.29. The van der Waals surface area contributed by atoms with Crippen molar-refractivity contribution < 1.29 is 9.53 Å². The van der Waals surface area contributed by atoms with Crippen molar-refractivity contribution in [3.05, 3.63) is 57.7 Å². The molecule has 0 bridgehead atoms. The fourth-order valence-corrected chi connectivity index (χ4v) is 2.99. The highest BCUT2D eigenvalue weighted by Crippen LogP contribution is 2.29. The Morgan fingerprint density at radius 1 is 1.12 bits per heavy atom. The first-order valence-electron chi connectivity index (χ1n) is 7.45. The topological polar surface area (TPSA) is 63.2 Å². The molecule has 0 aliphatic rings. The monoisotopic (exact) mass is 419 g/mol. The van der Waals surface area contributed by atoms with Gasteiger partial charge in [0.2, 0.25) is 0 Å². The molecule has 128 valence electrons. The number of anilines is 2. The highest BCUT2D eigenvalue weighted by Gasteiger charge is 2.11. The molecule has 2 amide bonds. The Balaban J connectivity index is 1.88. The van der Waals surface area contributed by atoms with Crippen LogP contribution in [-0.4, -0.2) is 18.1 Å². The Morgan fingerprint density at radius 2 is 1.88 bits per heavy atom. The average molecular weight is 421 g/mol. The van der Waals surface area contributed by atoms with Crippen LogP contribution in [0.25, 0.3) is 10.9 Å². The number of carbonyl (C=O) groups is 1. The Labute approximate surface area is 158 Å². The zero-order valence-electron chi connectivity index (χ0n) is 13.6. The summed E-state index contributed by atoms with van der Waals surface area (Å²) < 4.78 is 6.15.